The molecule has 1 N–H and O–H groups in total. The molecule has 98 valence electrons. The van der Waals surface area contributed by atoms with Crippen molar-refractivity contribution < 1.29 is 9.53 Å². The third kappa shape index (κ3) is 3.57. The standard InChI is InChI=1S/C15H21NO2/c1-11(2)10-12-5-7-13(8-6-12)16-15(17)14-4-3-9-18-14/h5-8,11,14H,3-4,9-10H2,1-2H3,(H,16,17). The van der Waals surface area contributed by atoms with Crippen LogP contribution in [0.25, 0.3) is 0 Å². The first kappa shape index (κ1) is 13.1. The summed E-state index contributed by atoms with van der Waals surface area (Å²) < 4.78 is 5.35. The van der Waals surface area contributed by atoms with Crippen LogP contribution in [0.4, 0.5) is 5.69 Å². The van der Waals surface area contributed by atoms with Gasteiger partial charge in [0.25, 0.3) is 5.91 Å². The van der Waals surface area contributed by atoms with Crippen LogP contribution in [0, 0.1) is 5.92 Å². The largest absolute Gasteiger partial charge is 0.368 e. The highest BCUT2D eigenvalue weighted by Crippen LogP contribution is 2.16. The minimum Gasteiger partial charge on any atom is -0.368 e. The summed E-state index contributed by atoms with van der Waals surface area (Å²) in [5, 5.41) is 2.90. The van der Waals surface area contributed by atoms with Crippen LogP contribution in [0.3, 0.4) is 0 Å². The number of ether oxygens (including phenoxy) is 1. The molecule has 18 heavy (non-hydrogen) atoms. The summed E-state index contributed by atoms with van der Waals surface area (Å²) in [6.45, 7) is 5.10. The summed E-state index contributed by atoms with van der Waals surface area (Å²) in [5.41, 5.74) is 2.16. The van der Waals surface area contributed by atoms with Gasteiger partial charge in [-0.05, 0) is 42.9 Å². The Hall–Kier alpha value is -1.35. The number of hydrogen-bond acceptors (Lipinski definition) is 2. The fourth-order valence-corrected chi connectivity index (χ4v) is 2.20. The van der Waals surface area contributed by atoms with E-state index in [4.69, 9.17) is 4.74 Å². The van der Waals surface area contributed by atoms with Gasteiger partial charge in [-0.15, -0.1) is 0 Å². The molecule has 1 saturated heterocycles. The molecule has 1 aromatic rings. The number of rotatable bonds is 4. The van der Waals surface area contributed by atoms with E-state index in [1.807, 2.05) is 12.1 Å². The highest BCUT2D eigenvalue weighted by Gasteiger charge is 2.23. The second kappa shape index (κ2) is 6.01. The lowest BCUT2D eigenvalue weighted by Gasteiger charge is -2.11. The number of amides is 1. The van der Waals surface area contributed by atoms with Crippen molar-refractivity contribution in [3.05, 3.63) is 29.8 Å². The first-order valence-electron chi connectivity index (χ1n) is 6.66. The molecule has 3 heteroatoms. The number of carbonyl (C=O) groups is 1. The number of benzene rings is 1. The van der Waals surface area contributed by atoms with Crippen molar-refractivity contribution in [1.82, 2.24) is 0 Å². The number of nitrogens with one attached hydrogen (secondary N) is 1. The Bertz CT molecular complexity index is 391. The fourth-order valence-electron chi connectivity index (χ4n) is 2.20. The van der Waals surface area contributed by atoms with Gasteiger partial charge >= 0.3 is 0 Å². The van der Waals surface area contributed by atoms with Gasteiger partial charge in [-0.25, -0.2) is 0 Å². The zero-order chi connectivity index (χ0) is 13.0. The SMILES string of the molecule is CC(C)Cc1ccc(NC(=O)C2CCCO2)cc1. The lowest BCUT2D eigenvalue weighted by Crippen LogP contribution is -2.26. The average Bonchev–Trinajstić information content (AvgIpc) is 2.84. The van der Waals surface area contributed by atoms with Crippen molar-refractivity contribution in [2.24, 2.45) is 5.92 Å². The van der Waals surface area contributed by atoms with Crippen molar-refractivity contribution in [2.75, 3.05) is 11.9 Å². The maximum absolute atomic E-state index is 11.8. The first-order chi connectivity index (χ1) is 8.65. The van der Waals surface area contributed by atoms with Crippen molar-refractivity contribution in [2.45, 2.75) is 39.2 Å². The third-order valence-corrected chi connectivity index (χ3v) is 3.09. The van der Waals surface area contributed by atoms with Gasteiger partial charge in [0.05, 0.1) is 0 Å². The first-order valence-corrected chi connectivity index (χ1v) is 6.66. The molecule has 1 aliphatic heterocycles. The molecule has 2 rings (SSSR count). The summed E-state index contributed by atoms with van der Waals surface area (Å²) >= 11 is 0. The molecule has 1 unspecified atom stereocenters. The van der Waals surface area contributed by atoms with Crippen molar-refractivity contribution in [3.63, 3.8) is 0 Å². The normalized spacial score (nSPS) is 19.2. The van der Waals surface area contributed by atoms with Gasteiger partial charge in [0.15, 0.2) is 0 Å². The molecule has 1 amide bonds. The van der Waals surface area contributed by atoms with Gasteiger partial charge in [-0.1, -0.05) is 26.0 Å². The highest BCUT2D eigenvalue weighted by molar-refractivity contribution is 5.94. The van der Waals surface area contributed by atoms with E-state index in [0.29, 0.717) is 12.5 Å². The predicted octanol–water partition coefficient (Wildman–Crippen LogP) is 3.00. The molecule has 1 fully saturated rings. The summed E-state index contributed by atoms with van der Waals surface area (Å²) in [5.74, 6) is 0.626. The van der Waals surface area contributed by atoms with E-state index in [-0.39, 0.29) is 12.0 Å². The molecule has 0 saturated carbocycles. The molecule has 0 aromatic heterocycles. The zero-order valence-corrected chi connectivity index (χ0v) is 11.1. The van der Waals surface area contributed by atoms with Crippen LogP contribution in [0.5, 0.6) is 0 Å². The van der Waals surface area contributed by atoms with E-state index in [1.54, 1.807) is 0 Å². The molecule has 1 heterocycles. The molecule has 1 atom stereocenters. The number of hydrogen-bond donors (Lipinski definition) is 1. The van der Waals surface area contributed by atoms with Crippen LogP contribution in [0.1, 0.15) is 32.3 Å². The Morgan fingerprint density at radius 1 is 1.39 bits per heavy atom. The third-order valence-electron chi connectivity index (χ3n) is 3.09. The fraction of sp³-hybridized carbons (Fsp3) is 0.533. The quantitative estimate of drug-likeness (QED) is 0.888. The Morgan fingerprint density at radius 3 is 2.67 bits per heavy atom. The number of anilines is 1. The summed E-state index contributed by atoms with van der Waals surface area (Å²) in [6, 6.07) is 8.07. The van der Waals surface area contributed by atoms with Crippen LogP contribution in [0.15, 0.2) is 24.3 Å². The minimum atomic E-state index is -0.264. The van der Waals surface area contributed by atoms with Crippen LogP contribution in [-0.4, -0.2) is 18.6 Å². The number of carbonyl (C=O) groups excluding carboxylic acids is 1. The molecule has 0 bridgehead atoms. The van der Waals surface area contributed by atoms with E-state index >= 15 is 0 Å². The van der Waals surface area contributed by atoms with Crippen LogP contribution in [-0.2, 0) is 16.0 Å². The smallest absolute Gasteiger partial charge is 0.253 e. The lowest BCUT2D eigenvalue weighted by molar-refractivity contribution is -0.124. The molecule has 1 aromatic carbocycles. The highest BCUT2D eigenvalue weighted by atomic mass is 16.5. The summed E-state index contributed by atoms with van der Waals surface area (Å²) in [7, 11) is 0. The zero-order valence-electron chi connectivity index (χ0n) is 11.1. The maximum atomic E-state index is 11.8. The van der Waals surface area contributed by atoms with Crippen LogP contribution < -0.4 is 5.32 Å². The topological polar surface area (TPSA) is 38.3 Å². The molecule has 1 aliphatic rings. The van der Waals surface area contributed by atoms with Gasteiger partial charge in [0.2, 0.25) is 0 Å². The van der Waals surface area contributed by atoms with E-state index in [1.165, 1.54) is 5.56 Å². The lowest BCUT2D eigenvalue weighted by atomic mass is 10.0. The van der Waals surface area contributed by atoms with Gasteiger partial charge in [-0.3, -0.25) is 4.79 Å². The molecule has 0 aliphatic carbocycles. The Balaban J connectivity index is 1.91. The van der Waals surface area contributed by atoms with Crippen LogP contribution in [0.2, 0.25) is 0 Å². The Morgan fingerprint density at radius 2 is 2.11 bits per heavy atom. The maximum Gasteiger partial charge on any atom is 0.253 e. The van der Waals surface area contributed by atoms with Gasteiger partial charge in [0.1, 0.15) is 6.10 Å². The van der Waals surface area contributed by atoms with Gasteiger partial charge in [0, 0.05) is 12.3 Å². The average molecular weight is 247 g/mol. The van der Waals surface area contributed by atoms with E-state index in [2.05, 4.69) is 31.3 Å². The van der Waals surface area contributed by atoms with E-state index in [0.717, 1.165) is 24.9 Å². The molecular weight excluding hydrogens is 226 g/mol. The van der Waals surface area contributed by atoms with Gasteiger partial charge < -0.3 is 10.1 Å². The molecule has 3 nitrogen and oxygen atoms in total. The molecule has 0 radical (unpaired) electrons. The summed E-state index contributed by atoms with van der Waals surface area (Å²) in [4.78, 5) is 11.8. The minimum absolute atomic E-state index is 0.0240. The van der Waals surface area contributed by atoms with Crippen LogP contribution >= 0.6 is 0 Å². The van der Waals surface area contributed by atoms with Crippen molar-refractivity contribution >= 4 is 11.6 Å². The predicted molar refractivity (Wildman–Crippen MR) is 72.6 cm³/mol. The Kier molecular flexibility index (Phi) is 4.37. The Labute approximate surface area is 109 Å². The second-order valence-corrected chi connectivity index (χ2v) is 5.29. The van der Waals surface area contributed by atoms with Crippen molar-refractivity contribution in [1.29, 1.82) is 0 Å². The van der Waals surface area contributed by atoms with Gasteiger partial charge in [-0.2, -0.15) is 0 Å². The summed E-state index contributed by atoms with van der Waals surface area (Å²) in [6.07, 6.45) is 2.61. The monoisotopic (exact) mass is 247 g/mol. The van der Waals surface area contributed by atoms with E-state index < -0.39 is 0 Å². The molecule has 0 spiro atoms. The van der Waals surface area contributed by atoms with E-state index in [9.17, 15) is 4.79 Å². The second-order valence-electron chi connectivity index (χ2n) is 5.29. The molecular formula is C15H21NO2. The van der Waals surface area contributed by atoms with Crippen molar-refractivity contribution in [3.8, 4) is 0 Å².